The second-order valence-corrected chi connectivity index (χ2v) is 9.43. The molecule has 0 radical (unpaired) electrons. The molecular weight excluding hydrogens is 444 g/mol. The average Bonchev–Trinajstić information content (AvgIpc) is 3.29. The second kappa shape index (κ2) is 9.44. The van der Waals surface area contributed by atoms with Crippen LogP contribution in [0, 0.1) is 0 Å². The van der Waals surface area contributed by atoms with Crippen LogP contribution in [0.2, 0.25) is 0 Å². The molecule has 5 nitrogen and oxygen atoms in total. The molecule has 5 aromatic rings. The first-order valence-corrected chi connectivity index (χ1v) is 12.4. The number of fused-ring (bicyclic) bond motifs is 2. The highest BCUT2D eigenvalue weighted by Crippen LogP contribution is 2.33. The Bertz CT molecular complexity index is 1590. The summed E-state index contributed by atoms with van der Waals surface area (Å²) in [6.45, 7) is 2.74. The third kappa shape index (κ3) is 4.30. The Morgan fingerprint density at radius 2 is 1.67 bits per heavy atom. The molecule has 0 unspecified atom stereocenters. The Kier molecular flexibility index (Phi) is 5.84. The van der Waals surface area contributed by atoms with Gasteiger partial charge in [-0.2, -0.15) is 0 Å². The fourth-order valence-electron chi connectivity index (χ4n) is 5.03. The number of aromatic amines is 1. The van der Waals surface area contributed by atoms with Gasteiger partial charge in [-0.1, -0.05) is 66.7 Å². The van der Waals surface area contributed by atoms with Crippen LogP contribution >= 0.6 is 0 Å². The van der Waals surface area contributed by atoms with Gasteiger partial charge in [0.05, 0.1) is 16.6 Å². The maximum Gasteiger partial charge on any atom is 0.257 e. The minimum Gasteiger partial charge on any atom is -0.374 e. The largest absolute Gasteiger partial charge is 0.374 e. The highest BCUT2D eigenvalue weighted by atomic mass is 16.1. The minimum absolute atomic E-state index is 0.124. The third-order valence-electron chi connectivity index (χ3n) is 6.99. The van der Waals surface area contributed by atoms with Crippen LogP contribution in [0.4, 0.5) is 5.69 Å². The number of rotatable bonds is 6. The zero-order valence-corrected chi connectivity index (χ0v) is 20.3. The summed E-state index contributed by atoms with van der Waals surface area (Å²) < 4.78 is 0. The van der Waals surface area contributed by atoms with Gasteiger partial charge in [0.1, 0.15) is 0 Å². The number of benzene rings is 3. The zero-order chi connectivity index (χ0) is 24.5. The highest BCUT2D eigenvalue weighted by molar-refractivity contribution is 5.91. The Morgan fingerprint density at radius 1 is 0.889 bits per heavy atom. The highest BCUT2D eigenvalue weighted by Gasteiger charge is 2.15. The molecule has 0 atom stereocenters. The van der Waals surface area contributed by atoms with Gasteiger partial charge in [-0.3, -0.25) is 4.79 Å². The Labute approximate surface area is 210 Å². The van der Waals surface area contributed by atoms with Gasteiger partial charge in [0, 0.05) is 49.7 Å². The summed E-state index contributed by atoms with van der Waals surface area (Å²) >= 11 is 0. The van der Waals surface area contributed by atoms with Crippen molar-refractivity contribution in [1.29, 1.82) is 0 Å². The number of anilines is 1. The molecule has 2 aromatic heterocycles. The maximum absolute atomic E-state index is 12.4. The lowest BCUT2D eigenvalue weighted by atomic mass is 9.97. The fourth-order valence-corrected chi connectivity index (χ4v) is 5.03. The standard InChI is InChI=1S/C31H28N4O/c1-35-16-14-25-17-22(9-12-29(25)35)20-32-19-21-7-10-24(11-8-21)30-26(23-5-3-2-4-6-23)18-27-28(34-30)13-15-33-31(27)36/h2-13,15,17-18,32H,14,16,19-20H2,1H3,(H,33,36). The van der Waals surface area contributed by atoms with Crippen LogP contribution in [0.5, 0.6) is 0 Å². The molecule has 0 amide bonds. The van der Waals surface area contributed by atoms with Crippen molar-refractivity contribution < 1.29 is 0 Å². The smallest absolute Gasteiger partial charge is 0.257 e. The molecule has 2 N–H and O–H groups in total. The van der Waals surface area contributed by atoms with Gasteiger partial charge >= 0.3 is 0 Å². The van der Waals surface area contributed by atoms with Crippen molar-refractivity contribution in [2.24, 2.45) is 0 Å². The second-order valence-electron chi connectivity index (χ2n) is 9.43. The van der Waals surface area contributed by atoms with Gasteiger partial charge in [-0.15, -0.1) is 0 Å². The number of hydrogen-bond donors (Lipinski definition) is 2. The molecule has 1 aliphatic rings. The van der Waals surface area contributed by atoms with Crippen molar-refractivity contribution in [2.75, 3.05) is 18.5 Å². The summed E-state index contributed by atoms with van der Waals surface area (Å²) in [6.07, 6.45) is 2.78. The predicted octanol–water partition coefficient (Wildman–Crippen LogP) is 5.54. The number of aromatic nitrogens is 2. The van der Waals surface area contributed by atoms with Crippen molar-refractivity contribution in [3.63, 3.8) is 0 Å². The summed E-state index contributed by atoms with van der Waals surface area (Å²) in [7, 11) is 2.16. The summed E-state index contributed by atoms with van der Waals surface area (Å²) in [5.41, 5.74) is 9.81. The maximum atomic E-state index is 12.4. The number of H-pyrrole nitrogens is 1. The average molecular weight is 473 g/mol. The fraction of sp³-hybridized carbons (Fsp3) is 0.161. The van der Waals surface area contributed by atoms with Gasteiger partial charge in [-0.05, 0) is 46.9 Å². The minimum atomic E-state index is -0.124. The summed E-state index contributed by atoms with van der Waals surface area (Å²) in [5, 5.41) is 4.18. The van der Waals surface area contributed by atoms with E-state index < -0.39 is 0 Å². The number of pyridine rings is 2. The van der Waals surface area contributed by atoms with Crippen molar-refractivity contribution in [1.82, 2.24) is 15.3 Å². The monoisotopic (exact) mass is 472 g/mol. The molecule has 0 saturated heterocycles. The van der Waals surface area contributed by atoms with Crippen molar-refractivity contribution in [2.45, 2.75) is 19.5 Å². The molecule has 6 rings (SSSR count). The molecule has 3 aromatic carbocycles. The molecule has 5 heteroatoms. The van der Waals surface area contributed by atoms with Crippen LogP contribution in [0.15, 0.2) is 95.9 Å². The summed E-state index contributed by atoms with van der Waals surface area (Å²) in [5.74, 6) is 0. The van der Waals surface area contributed by atoms with E-state index in [1.165, 1.54) is 22.4 Å². The lowest BCUT2D eigenvalue weighted by molar-refractivity contribution is 0.693. The van der Waals surface area contributed by atoms with Crippen molar-refractivity contribution >= 4 is 16.6 Å². The first-order valence-electron chi connectivity index (χ1n) is 12.4. The number of nitrogens with zero attached hydrogens (tertiary/aromatic N) is 2. The third-order valence-corrected chi connectivity index (χ3v) is 6.99. The van der Waals surface area contributed by atoms with E-state index in [1.54, 1.807) is 6.20 Å². The quantitative estimate of drug-likeness (QED) is 0.341. The van der Waals surface area contributed by atoms with Crippen LogP contribution in [0.3, 0.4) is 0 Å². The molecule has 36 heavy (non-hydrogen) atoms. The van der Waals surface area contributed by atoms with E-state index >= 15 is 0 Å². The van der Waals surface area contributed by atoms with Crippen molar-refractivity contribution in [3.05, 3.63) is 118 Å². The van der Waals surface area contributed by atoms with E-state index in [0.29, 0.717) is 10.9 Å². The molecule has 1 aliphatic heterocycles. The van der Waals surface area contributed by atoms with E-state index in [1.807, 2.05) is 30.3 Å². The molecule has 0 spiro atoms. The molecule has 0 bridgehead atoms. The molecule has 178 valence electrons. The first kappa shape index (κ1) is 22.3. The van der Waals surface area contributed by atoms with E-state index in [9.17, 15) is 4.79 Å². The normalized spacial score (nSPS) is 12.8. The van der Waals surface area contributed by atoms with E-state index in [4.69, 9.17) is 4.98 Å². The zero-order valence-electron chi connectivity index (χ0n) is 20.3. The lowest BCUT2D eigenvalue weighted by Gasteiger charge is -2.13. The molecule has 0 saturated carbocycles. The first-order chi connectivity index (χ1) is 17.7. The van der Waals surface area contributed by atoms with Crippen LogP contribution in [0.1, 0.15) is 16.7 Å². The van der Waals surface area contributed by atoms with Crippen LogP contribution < -0.4 is 15.8 Å². The van der Waals surface area contributed by atoms with E-state index in [0.717, 1.165) is 48.4 Å². The summed E-state index contributed by atoms with van der Waals surface area (Å²) in [6, 6.07) is 29.3. The van der Waals surface area contributed by atoms with Gasteiger partial charge in [-0.25, -0.2) is 4.98 Å². The molecule has 3 heterocycles. The van der Waals surface area contributed by atoms with Crippen LogP contribution in [0.25, 0.3) is 33.3 Å². The Morgan fingerprint density at radius 3 is 2.50 bits per heavy atom. The number of nitrogens with one attached hydrogen (secondary N) is 2. The summed E-state index contributed by atoms with van der Waals surface area (Å²) in [4.78, 5) is 22.4. The molecular formula is C31H28N4O. The van der Waals surface area contributed by atoms with Crippen LogP contribution in [-0.2, 0) is 19.5 Å². The number of hydrogen-bond acceptors (Lipinski definition) is 4. The molecule has 0 aliphatic carbocycles. The van der Waals surface area contributed by atoms with Gasteiger partial charge in [0.15, 0.2) is 0 Å². The SMILES string of the molecule is CN1CCc2cc(CNCc3ccc(-c4nc5cc[nH]c(=O)c5cc4-c4ccccc4)cc3)ccc21. The topological polar surface area (TPSA) is 61.0 Å². The van der Waals surface area contributed by atoms with E-state index in [-0.39, 0.29) is 5.56 Å². The van der Waals surface area contributed by atoms with Gasteiger partial charge in [0.2, 0.25) is 0 Å². The predicted molar refractivity (Wildman–Crippen MR) is 147 cm³/mol. The van der Waals surface area contributed by atoms with E-state index in [2.05, 4.69) is 76.8 Å². The van der Waals surface area contributed by atoms with Crippen LogP contribution in [-0.4, -0.2) is 23.6 Å². The Hall–Kier alpha value is -4.22. The number of likely N-dealkylation sites (N-methyl/N-ethyl adjacent to an activating group) is 1. The Balaban J connectivity index is 1.23. The lowest BCUT2D eigenvalue weighted by Crippen LogP contribution is -2.13. The molecule has 0 fully saturated rings. The van der Waals surface area contributed by atoms with Gasteiger partial charge < -0.3 is 15.2 Å². The van der Waals surface area contributed by atoms with Gasteiger partial charge in [0.25, 0.3) is 5.56 Å². The van der Waals surface area contributed by atoms with Crippen molar-refractivity contribution in [3.8, 4) is 22.4 Å².